The molecule has 0 fully saturated rings. The van der Waals surface area contributed by atoms with Crippen LogP contribution in [0, 0.1) is 11.8 Å². The van der Waals surface area contributed by atoms with Gasteiger partial charge in [0, 0.05) is 18.5 Å². The molecule has 0 aromatic heterocycles. The van der Waals surface area contributed by atoms with Crippen molar-refractivity contribution >= 4 is 5.96 Å². The maximum atomic E-state index is 5.60. The Morgan fingerprint density at radius 1 is 1.67 bits per heavy atom. The first-order valence-electron chi connectivity index (χ1n) is 4.50. The van der Waals surface area contributed by atoms with Crippen LogP contribution in [0.1, 0.15) is 13.3 Å². The summed E-state index contributed by atoms with van der Waals surface area (Å²) < 4.78 is 0. The predicted octanol–water partition coefficient (Wildman–Crippen LogP) is 0.485. The van der Waals surface area contributed by atoms with Crippen molar-refractivity contribution in [2.45, 2.75) is 19.4 Å². The highest BCUT2D eigenvalue weighted by Crippen LogP contribution is 2.26. The molecule has 0 spiro atoms. The minimum absolute atomic E-state index is 0.516. The van der Waals surface area contributed by atoms with Crippen LogP contribution >= 0.6 is 0 Å². The summed E-state index contributed by atoms with van der Waals surface area (Å²) in [7, 11) is 0. The first-order chi connectivity index (χ1) is 5.77. The Kier molecular flexibility index (Phi) is 1.79. The fraction of sp³-hybridized carbons (Fsp3) is 0.667. The zero-order valence-corrected chi connectivity index (χ0v) is 7.33. The molecule has 3 nitrogen and oxygen atoms in total. The Hall–Kier alpha value is -0.990. The average Bonchev–Trinajstić information content (AvgIpc) is 2.04. The van der Waals surface area contributed by atoms with Gasteiger partial charge in [0.2, 0.25) is 0 Å². The molecule has 2 aliphatic rings. The number of nitrogens with one attached hydrogen (secondary N) is 1. The van der Waals surface area contributed by atoms with E-state index in [0.29, 0.717) is 23.8 Å². The van der Waals surface area contributed by atoms with Crippen LogP contribution in [0.3, 0.4) is 0 Å². The second-order valence-electron chi connectivity index (χ2n) is 3.66. The van der Waals surface area contributed by atoms with Crippen LogP contribution in [0.15, 0.2) is 17.1 Å². The second-order valence-corrected chi connectivity index (χ2v) is 3.66. The Bertz CT molecular complexity index is 232. The molecule has 0 radical (unpaired) electrons. The van der Waals surface area contributed by atoms with E-state index in [0.717, 1.165) is 13.0 Å². The van der Waals surface area contributed by atoms with Gasteiger partial charge in [-0.15, -0.1) is 0 Å². The third kappa shape index (κ3) is 1.19. The SMILES string of the molecule is CC1C=CC[C@@H]2NC(N)=NCC12. The number of fused-ring (bicyclic) bond motifs is 1. The summed E-state index contributed by atoms with van der Waals surface area (Å²) in [6.45, 7) is 3.13. The Morgan fingerprint density at radius 2 is 2.50 bits per heavy atom. The van der Waals surface area contributed by atoms with Crippen LogP contribution in [-0.4, -0.2) is 18.5 Å². The highest BCUT2D eigenvalue weighted by atomic mass is 15.1. The molecule has 3 heteroatoms. The molecule has 2 rings (SSSR count). The monoisotopic (exact) mass is 165 g/mol. The largest absolute Gasteiger partial charge is 0.370 e. The van der Waals surface area contributed by atoms with Crippen molar-refractivity contribution in [3.8, 4) is 0 Å². The average molecular weight is 165 g/mol. The number of guanidine groups is 1. The van der Waals surface area contributed by atoms with Crippen LogP contribution in [0.4, 0.5) is 0 Å². The molecule has 1 aliphatic heterocycles. The third-order valence-corrected chi connectivity index (χ3v) is 2.83. The van der Waals surface area contributed by atoms with E-state index in [4.69, 9.17) is 5.73 Å². The number of hydrogen-bond donors (Lipinski definition) is 2. The van der Waals surface area contributed by atoms with Gasteiger partial charge >= 0.3 is 0 Å². The van der Waals surface area contributed by atoms with Crippen molar-refractivity contribution in [2.75, 3.05) is 6.54 Å². The summed E-state index contributed by atoms with van der Waals surface area (Å²) in [5, 5.41) is 3.23. The van der Waals surface area contributed by atoms with Crippen molar-refractivity contribution in [1.82, 2.24) is 5.32 Å². The van der Waals surface area contributed by atoms with E-state index in [1.54, 1.807) is 0 Å². The van der Waals surface area contributed by atoms with E-state index in [2.05, 4.69) is 29.4 Å². The van der Waals surface area contributed by atoms with Crippen LogP contribution in [0.5, 0.6) is 0 Å². The minimum atomic E-state index is 0.516. The van der Waals surface area contributed by atoms with Gasteiger partial charge in [0.15, 0.2) is 5.96 Å². The van der Waals surface area contributed by atoms with E-state index in [-0.39, 0.29) is 0 Å². The van der Waals surface area contributed by atoms with Crippen molar-refractivity contribution < 1.29 is 0 Å². The van der Waals surface area contributed by atoms with Gasteiger partial charge in [-0.3, -0.25) is 4.99 Å². The summed E-state index contributed by atoms with van der Waals surface area (Å²) in [5.41, 5.74) is 5.60. The lowest BCUT2D eigenvalue weighted by Crippen LogP contribution is -2.51. The highest BCUT2D eigenvalue weighted by molar-refractivity contribution is 5.78. The van der Waals surface area contributed by atoms with E-state index >= 15 is 0 Å². The molecule has 0 bridgehead atoms. The Labute approximate surface area is 72.7 Å². The minimum Gasteiger partial charge on any atom is -0.370 e. The number of allylic oxidation sites excluding steroid dienone is 1. The predicted molar refractivity (Wildman–Crippen MR) is 49.8 cm³/mol. The molecule has 0 aromatic rings. The number of aliphatic imine (C=N–C) groups is 1. The molecule has 1 heterocycles. The van der Waals surface area contributed by atoms with Crippen LogP contribution in [-0.2, 0) is 0 Å². The van der Waals surface area contributed by atoms with Gasteiger partial charge in [-0.2, -0.15) is 0 Å². The summed E-state index contributed by atoms with van der Waals surface area (Å²) in [5.74, 6) is 1.88. The second kappa shape index (κ2) is 2.81. The summed E-state index contributed by atoms with van der Waals surface area (Å²) in [4.78, 5) is 4.21. The van der Waals surface area contributed by atoms with Gasteiger partial charge in [-0.05, 0) is 12.3 Å². The zero-order chi connectivity index (χ0) is 8.55. The van der Waals surface area contributed by atoms with Gasteiger partial charge in [0.25, 0.3) is 0 Å². The summed E-state index contributed by atoms with van der Waals surface area (Å²) in [6, 6.07) is 0.516. The number of nitrogens with two attached hydrogens (primary N) is 1. The van der Waals surface area contributed by atoms with Gasteiger partial charge < -0.3 is 11.1 Å². The quantitative estimate of drug-likeness (QED) is 0.513. The van der Waals surface area contributed by atoms with Crippen molar-refractivity contribution in [2.24, 2.45) is 22.6 Å². The molecule has 0 saturated carbocycles. The fourth-order valence-electron chi connectivity index (χ4n) is 2.02. The summed E-state index contributed by atoms with van der Waals surface area (Å²) >= 11 is 0. The highest BCUT2D eigenvalue weighted by Gasteiger charge is 2.30. The van der Waals surface area contributed by atoms with Crippen LogP contribution in [0.2, 0.25) is 0 Å². The van der Waals surface area contributed by atoms with E-state index in [9.17, 15) is 0 Å². The molecule has 3 N–H and O–H groups in total. The molecular formula is C9H15N3. The van der Waals surface area contributed by atoms with Gasteiger partial charge in [0.1, 0.15) is 0 Å². The van der Waals surface area contributed by atoms with E-state index in [1.807, 2.05) is 0 Å². The van der Waals surface area contributed by atoms with Crippen LogP contribution in [0.25, 0.3) is 0 Å². The first-order valence-corrected chi connectivity index (χ1v) is 4.50. The lowest BCUT2D eigenvalue weighted by atomic mass is 9.80. The Balaban J connectivity index is 2.15. The van der Waals surface area contributed by atoms with Crippen molar-refractivity contribution in [1.29, 1.82) is 0 Å². The van der Waals surface area contributed by atoms with Crippen LogP contribution < -0.4 is 11.1 Å². The normalized spacial score (nSPS) is 39.8. The molecule has 12 heavy (non-hydrogen) atoms. The van der Waals surface area contributed by atoms with Crippen molar-refractivity contribution in [3.63, 3.8) is 0 Å². The molecule has 3 atom stereocenters. The first kappa shape index (κ1) is 7.65. The number of hydrogen-bond acceptors (Lipinski definition) is 3. The maximum Gasteiger partial charge on any atom is 0.188 e. The maximum absolute atomic E-state index is 5.60. The van der Waals surface area contributed by atoms with E-state index in [1.165, 1.54) is 0 Å². The topological polar surface area (TPSA) is 50.4 Å². The molecule has 66 valence electrons. The standard InChI is InChI=1S/C9H15N3/c1-6-3-2-4-8-7(6)5-11-9(10)12-8/h2-3,6-8H,4-5H2,1H3,(H3,10,11,12)/t6?,7?,8-/m0/s1. The Morgan fingerprint density at radius 3 is 3.33 bits per heavy atom. The zero-order valence-electron chi connectivity index (χ0n) is 7.33. The molecule has 0 aromatic carbocycles. The smallest absolute Gasteiger partial charge is 0.188 e. The van der Waals surface area contributed by atoms with Gasteiger partial charge in [-0.25, -0.2) is 0 Å². The number of rotatable bonds is 0. The lowest BCUT2D eigenvalue weighted by molar-refractivity contribution is 0.304. The lowest BCUT2D eigenvalue weighted by Gasteiger charge is -2.36. The summed E-state index contributed by atoms with van der Waals surface area (Å²) in [6.07, 6.45) is 5.60. The molecule has 2 unspecified atom stereocenters. The molecule has 1 aliphatic carbocycles. The molecular weight excluding hydrogens is 150 g/mol. The van der Waals surface area contributed by atoms with E-state index < -0.39 is 0 Å². The van der Waals surface area contributed by atoms with Crippen molar-refractivity contribution in [3.05, 3.63) is 12.2 Å². The van der Waals surface area contributed by atoms with Gasteiger partial charge in [-0.1, -0.05) is 19.1 Å². The molecule has 0 amide bonds. The van der Waals surface area contributed by atoms with Gasteiger partial charge in [0.05, 0.1) is 0 Å². The third-order valence-electron chi connectivity index (χ3n) is 2.83. The molecule has 0 saturated heterocycles. The fourth-order valence-corrected chi connectivity index (χ4v) is 2.02. The number of nitrogens with zero attached hydrogens (tertiary/aromatic N) is 1.